The fourth-order valence-electron chi connectivity index (χ4n) is 3.05. The SMILES string of the molecule is CSc1ncccc1C(=O)N1CCCC(C(=O)c2nccn2C)C1. The van der Waals surface area contributed by atoms with Gasteiger partial charge in [0.25, 0.3) is 5.91 Å². The minimum absolute atomic E-state index is 0.0104. The van der Waals surface area contributed by atoms with Crippen LogP contribution in [0, 0.1) is 5.92 Å². The van der Waals surface area contributed by atoms with Crippen molar-refractivity contribution >= 4 is 23.5 Å². The molecule has 3 heterocycles. The maximum Gasteiger partial charge on any atom is 0.256 e. The van der Waals surface area contributed by atoms with Gasteiger partial charge in [0, 0.05) is 44.6 Å². The van der Waals surface area contributed by atoms with Crippen LogP contribution in [0.5, 0.6) is 0 Å². The lowest BCUT2D eigenvalue weighted by atomic mass is 9.93. The molecule has 1 aliphatic rings. The molecule has 0 N–H and O–H groups in total. The van der Waals surface area contributed by atoms with E-state index in [-0.39, 0.29) is 17.6 Å². The number of imidazole rings is 1. The van der Waals surface area contributed by atoms with E-state index >= 15 is 0 Å². The van der Waals surface area contributed by atoms with Gasteiger partial charge >= 0.3 is 0 Å². The maximum absolute atomic E-state index is 12.8. The molecule has 0 bridgehead atoms. The number of aryl methyl sites for hydroxylation is 1. The quantitative estimate of drug-likeness (QED) is 0.629. The molecule has 2 aromatic heterocycles. The van der Waals surface area contributed by atoms with Crippen LogP contribution in [0.4, 0.5) is 0 Å². The second kappa shape index (κ2) is 7.17. The van der Waals surface area contributed by atoms with Crippen LogP contribution in [0.25, 0.3) is 0 Å². The van der Waals surface area contributed by atoms with Crippen molar-refractivity contribution in [3.05, 3.63) is 42.1 Å². The molecule has 126 valence electrons. The van der Waals surface area contributed by atoms with E-state index in [0.717, 1.165) is 17.9 Å². The van der Waals surface area contributed by atoms with Gasteiger partial charge in [-0.25, -0.2) is 9.97 Å². The average molecular weight is 344 g/mol. The molecule has 2 aromatic rings. The number of rotatable bonds is 4. The summed E-state index contributed by atoms with van der Waals surface area (Å²) in [4.78, 5) is 35.7. The summed E-state index contributed by atoms with van der Waals surface area (Å²) in [5.41, 5.74) is 0.607. The van der Waals surface area contributed by atoms with Crippen LogP contribution in [0.3, 0.4) is 0 Å². The van der Waals surface area contributed by atoms with Gasteiger partial charge in [-0.3, -0.25) is 9.59 Å². The Morgan fingerprint density at radius 1 is 1.29 bits per heavy atom. The number of amides is 1. The molecule has 1 unspecified atom stereocenters. The Morgan fingerprint density at radius 3 is 2.83 bits per heavy atom. The fraction of sp³-hybridized carbons (Fsp3) is 0.412. The molecule has 0 aliphatic carbocycles. The predicted octanol–water partition coefficient (Wildman–Crippen LogP) is 2.27. The van der Waals surface area contributed by atoms with Crippen molar-refractivity contribution in [1.82, 2.24) is 19.4 Å². The van der Waals surface area contributed by atoms with E-state index in [4.69, 9.17) is 0 Å². The van der Waals surface area contributed by atoms with Crippen LogP contribution in [-0.2, 0) is 7.05 Å². The lowest BCUT2D eigenvalue weighted by molar-refractivity contribution is 0.0629. The highest BCUT2D eigenvalue weighted by molar-refractivity contribution is 7.98. The number of pyridine rings is 1. The zero-order valence-corrected chi connectivity index (χ0v) is 14.6. The number of Topliss-reactive ketones (excluding diaryl/α,β-unsaturated/α-hetero) is 1. The molecule has 1 saturated heterocycles. The van der Waals surface area contributed by atoms with Gasteiger partial charge in [0.05, 0.1) is 5.56 Å². The van der Waals surface area contributed by atoms with Gasteiger partial charge in [0.1, 0.15) is 5.03 Å². The largest absolute Gasteiger partial charge is 0.338 e. The van der Waals surface area contributed by atoms with Crippen LogP contribution < -0.4 is 0 Å². The Kier molecular flexibility index (Phi) is 4.99. The van der Waals surface area contributed by atoms with E-state index < -0.39 is 0 Å². The Labute approximate surface area is 145 Å². The van der Waals surface area contributed by atoms with Crippen molar-refractivity contribution in [3.63, 3.8) is 0 Å². The highest BCUT2D eigenvalue weighted by atomic mass is 32.2. The number of hydrogen-bond acceptors (Lipinski definition) is 5. The average Bonchev–Trinajstić information content (AvgIpc) is 3.06. The van der Waals surface area contributed by atoms with E-state index in [1.54, 1.807) is 40.2 Å². The van der Waals surface area contributed by atoms with Crippen LogP contribution >= 0.6 is 11.8 Å². The number of piperidine rings is 1. The molecule has 1 fully saturated rings. The standard InChI is InChI=1S/C17H20N4O2S/c1-20-10-8-18-15(20)14(22)12-5-4-9-21(11-12)17(23)13-6-3-7-19-16(13)24-2/h3,6-8,10,12H,4-5,9,11H2,1-2H3. The molecule has 0 saturated carbocycles. The van der Waals surface area contributed by atoms with Crippen molar-refractivity contribution in [2.45, 2.75) is 17.9 Å². The molecule has 24 heavy (non-hydrogen) atoms. The minimum atomic E-state index is -0.196. The van der Waals surface area contributed by atoms with Crippen molar-refractivity contribution in [2.75, 3.05) is 19.3 Å². The first-order valence-corrected chi connectivity index (χ1v) is 9.14. The smallest absolute Gasteiger partial charge is 0.256 e. The summed E-state index contributed by atoms with van der Waals surface area (Å²) in [5.74, 6) is 0.222. The monoisotopic (exact) mass is 344 g/mol. The number of carbonyl (C=O) groups is 2. The first-order valence-electron chi connectivity index (χ1n) is 7.91. The molecule has 0 radical (unpaired) electrons. The van der Waals surface area contributed by atoms with Crippen molar-refractivity contribution in [3.8, 4) is 0 Å². The van der Waals surface area contributed by atoms with Gasteiger partial charge in [-0.2, -0.15) is 0 Å². The third kappa shape index (κ3) is 3.21. The summed E-state index contributed by atoms with van der Waals surface area (Å²) in [6.07, 6.45) is 8.59. The van der Waals surface area contributed by atoms with Gasteiger partial charge in [-0.05, 0) is 31.2 Å². The number of ketones is 1. The van der Waals surface area contributed by atoms with E-state index in [9.17, 15) is 9.59 Å². The summed E-state index contributed by atoms with van der Waals surface area (Å²) in [5, 5.41) is 0.722. The zero-order valence-electron chi connectivity index (χ0n) is 13.8. The molecule has 3 rings (SSSR count). The zero-order chi connectivity index (χ0) is 17.1. The molecule has 1 aliphatic heterocycles. The number of thioether (sulfide) groups is 1. The highest BCUT2D eigenvalue weighted by Crippen LogP contribution is 2.24. The van der Waals surface area contributed by atoms with Crippen LogP contribution in [0.2, 0.25) is 0 Å². The molecule has 0 spiro atoms. The first kappa shape index (κ1) is 16.7. The third-order valence-electron chi connectivity index (χ3n) is 4.32. The molecule has 1 atom stereocenters. The molecule has 0 aromatic carbocycles. The number of carbonyl (C=O) groups excluding carboxylic acids is 2. The topological polar surface area (TPSA) is 68.1 Å². The lowest BCUT2D eigenvalue weighted by Crippen LogP contribution is -2.43. The Hall–Kier alpha value is -2.15. The fourth-order valence-corrected chi connectivity index (χ4v) is 3.59. The van der Waals surface area contributed by atoms with Crippen LogP contribution in [0.1, 0.15) is 33.8 Å². The number of hydrogen-bond donors (Lipinski definition) is 0. The summed E-state index contributed by atoms with van der Waals surface area (Å²) in [7, 11) is 1.81. The Bertz CT molecular complexity index is 759. The summed E-state index contributed by atoms with van der Waals surface area (Å²) in [6, 6.07) is 3.57. The van der Waals surface area contributed by atoms with Crippen molar-refractivity contribution < 1.29 is 9.59 Å². The second-order valence-electron chi connectivity index (χ2n) is 5.88. The van der Waals surface area contributed by atoms with E-state index in [1.807, 2.05) is 13.3 Å². The predicted molar refractivity (Wildman–Crippen MR) is 92.2 cm³/mol. The van der Waals surface area contributed by atoms with E-state index in [1.165, 1.54) is 11.8 Å². The summed E-state index contributed by atoms with van der Waals surface area (Å²) >= 11 is 1.46. The van der Waals surface area contributed by atoms with Gasteiger partial charge in [0.2, 0.25) is 5.78 Å². The van der Waals surface area contributed by atoms with Crippen LogP contribution in [-0.4, -0.2) is 50.5 Å². The summed E-state index contributed by atoms with van der Waals surface area (Å²) in [6.45, 7) is 1.11. The highest BCUT2D eigenvalue weighted by Gasteiger charge is 2.31. The number of aromatic nitrogens is 3. The Morgan fingerprint density at radius 2 is 2.12 bits per heavy atom. The van der Waals surface area contributed by atoms with Gasteiger partial charge in [-0.15, -0.1) is 11.8 Å². The third-order valence-corrected chi connectivity index (χ3v) is 5.03. The van der Waals surface area contributed by atoms with Gasteiger partial charge in [-0.1, -0.05) is 0 Å². The van der Waals surface area contributed by atoms with Crippen molar-refractivity contribution in [1.29, 1.82) is 0 Å². The summed E-state index contributed by atoms with van der Waals surface area (Å²) < 4.78 is 1.73. The van der Waals surface area contributed by atoms with Gasteiger partial charge < -0.3 is 9.47 Å². The minimum Gasteiger partial charge on any atom is -0.338 e. The molecule has 6 nitrogen and oxygen atoms in total. The maximum atomic E-state index is 12.8. The molecular weight excluding hydrogens is 324 g/mol. The molecule has 7 heteroatoms. The molecular formula is C17H20N4O2S. The van der Waals surface area contributed by atoms with Crippen LogP contribution in [0.15, 0.2) is 35.7 Å². The van der Waals surface area contributed by atoms with E-state index in [2.05, 4.69) is 9.97 Å². The molecule has 1 amide bonds. The first-order chi connectivity index (χ1) is 11.6. The normalized spacial score (nSPS) is 17.8. The van der Waals surface area contributed by atoms with Crippen molar-refractivity contribution in [2.24, 2.45) is 13.0 Å². The Balaban J connectivity index is 1.77. The number of nitrogens with zero attached hydrogens (tertiary/aromatic N) is 4. The number of likely N-dealkylation sites (tertiary alicyclic amines) is 1. The van der Waals surface area contributed by atoms with E-state index in [0.29, 0.717) is 24.5 Å². The van der Waals surface area contributed by atoms with Gasteiger partial charge in [0.15, 0.2) is 5.82 Å². The second-order valence-corrected chi connectivity index (χ2v) is 6.67. The lowest BCUT2D eigenvalue weighted by Gasteiger charge is -2.32.